The molecule has 0 bridgehead atoms. The molecule has 1 aliphatic carbocycles. The number of esters is 1. The van der Waals surface area contributed by atoms with E-state index in [0.29, 0.717) is 6.42 Å². The van der Waals surface area contributed by atoms with Gasteiger partial charge in [0.2, 0.25) is 0 Å². The summed E-state index contributed by atoms with van der Waals surface area (Å²) in [5.41, 5.74) is 7.16. The first-order chi connectivity index (χ1) is 9.75. The molecule has 3 nitrogen and oxygen atoms in total. The Kier molecular flexibility index (Phi) is 6.06. The molecule has 1 aromatic rings. The van der Waals surface area contributed by atoms with Gasteiger partial charge in [0.1, 0.15) is 12.1 Å². The lowest BCUT2D eigenvalue weighted by atomic mass is 10.1. The molecule has 3 heteroatoms. The monoisotopic (exact) mass is 275 g/mol. The summed E-state index contributed by atoms with van der Waals surface area (Å²) in [6, 6.07) is 9.62. The Bertz CT molecular complexity index is 397. The maximum absolute atomic E-state index is 12.0. The first-order valence-electron chi connectivity index (χ1n) is 7.75. The quantitative estimate of drug-likeness (QED) is 0.663. The molecule has 0 unspecified atom stereocenters. The molecule has 1 fully saturated rings. The van der Waals surface area contributed by atoms with Gasteiger partial charge in [-0.05, 0) is 44.1 Å². The summed E-state index contributed by atoms with van der Waals surface area (Å²) in [5.74, 6) is -0.229. The van der Waals surface area contributed by atoms with Crippen molar-refractivity contribution in [3.63, 3.8) is 0 Å². The van der Waals surface area contributed by atoms with E-state index in [-0.39, 0.29) is 12.1 Å². The molecule has 1 aliphatic rings. The standard InChI is InChI=1S/C17H25NO2/c18-16(13-12-14-8-4-3-5-9-14)17(19)20-15-10-6-1-2-7-11-15/h3-5,8-9,15-16H,1-2,6-7,10-13,18H2/t16-/m0/s1. The Hall–Kier alpha value is -1.35. The van der Waals surface area contributed by atoms with Crippen LogP contribution in [0.3, 0.4) is 0 Å². The molecule has 0 spiro atoms. The summed E-state index contributed by atoms with van der Waals surface area (Å²) in [4.78, 5) is 12.0. The van der Waals surface area contributed by atoms with E-state index in [1.54, 1.807) is 0 Å². The number of nitrogens with two attached hydrogens (primary N) is 1. The van der Waals surface area contributed by atoms with E-state index in [9.17, 15) is 4.79 Å². The minimum Gasteiger partial charge on any atom is -0.461 e. The summed E-state index contributed by atoms with van der Waals surface area (Å²) in [5, 5.41) is 0. The van der Waals surface area contributed by atoms with Crippen LogP contribution in [0.2, 0.25) is 0 Å². The highest BCUT2D eigenvalue weighted by molar-refractivity contribution is 5.75. The van der Waals surface area contributed by atoms with Gasteiger partial charge in [-0.25, -0.2) is 0 Å². The summed E-state index contributed by atoms with van der Waals surface area (Å²) >= 11 is 0. The van der Waals surface area contributed by atoms with Crippen LogP contribution in [0.5, 0.6) is 0 Å². The van der Waals surface area contributed by atoms with E-state index in [1.165, 1.54) is 18.4 Å². The minimum absolute atomic E-state index is 0.0905. The van der Waals surface area contributed by atoms with Gasteiger partial charge in [-0.2, -0.15) is 0 Å². The second-order valence-corrected chi connectivity index (χ2v) is 5.68. The van der Waals surface area contributed by atoms with Gasteiger partial charge in [-0.3, -0.25) is 4.79 Å². The van der Waals surface area contributed by atoms with Crippen LogP contribution >= 0.6 is 0 Å². The lowest BCUT2D eigenvalue weighted by Gasteiger charge is -2.18. The van der Waals surface area contributed by atoms with E-state index in [4.69, 9.17) is 10.5 Å². The number of hydrogen-bond donors (Lipinski definition) is 1. The number of benzene rings is 1. The normalized spacial score (nSPS) is 18.2. The van der Waals surface area contributed by atoms with Gasteiger partial charge < -0.3 is 10.5 Å². The second kappa shape index (κ2) is 8.05. The highest BCUT2D eigenvalue weighted by Gasteiger charge is 2.21. The van der Waals surface area contributed by atoms with Crippen molar-refractivity contribution in [1.82, 2.24) is 0 Å². The Balaban J connectivity index is 1.73. The lowest BCUT2D eigenvalue weighted by Crippen LogP contribution is -2.35. The van der Waals surface area contributed by atoms with Crippen LogP contribution in [0.1, 0.15) is 50.5 Å². The summed E-state index contributed by atoms with van der Waals surface area (Å²) in [7, 11) is 0. The van der Waals surface area contributed by atoms with E-state index < -0.39 is 6.04 Å². The molecular weight excluding hydrogens is 250 g/mol. The largest absolute Gasteiger partial charge is 0.461 e. The van der Waals surface area contributed by atoms with E-state index in [1.807, 2.05) is 18.2 Å². The highest BCUT2D eigenvalue weighted by atomic mass is 16.5. The van der Waals surface area contributed by atoms with Crippen molar-refractivity contribution in [1.29, 1.82) is 0 Å². The van der Waals surface area contributed by atoms with Crippen LogP contribution in [0.25, 0.3) is 0 Å². The van der Waals surface area contributed by atoms with Gasteiger partial charge in [0.15, 0.2) is 0 Å². The van der Waals surface area contributed by atoms with Crippen molar-refractivity contribution in [2.75, 3.05) is 0 Å². The van der Waals surface area contributed by atoms with Gasteiger partial charge in [0.05, 0.1) is 0 Å². The summed E-state index contributed by atoms with van der Waals surface area (Å²) < 4.78 is 5.56. The smallest absolute Gasteiger partial charge is 0.323 e. The van der Waals surface area contributed by atoms with E-state index in [0.717, 1.165) is 32.1 Å². The van der Waals surface area contributed by atoms with Crippen molar-refractivity contribution in [3.05, 3.63) is 35.9 Å². The summed E-state index contributed by atoms with van der Waals surface area (Å²) in [6.45, 7) is 0. The third-order valence-electron chi connectivity index (χ3n) is 3.97. The van der Waals surface area contributed by atoms with Gasteiger partial charge in [-0.1, -0.05) is 43.2 Å². The number of carbonyl (C=O) groups is 1. The second-order valence-electron chi connectivity index (χ2n) is 5.68. The number of hydrogen-bond acceptors (Lipinski definition) is 3. The van der Waals surface area contributed by atoms with Crippen LogP contribution in [-0.2, 0) is 16.0 Å². The van der Waals surface area contributed by atoms with Crippen molar-refractivity contribution in [2.45, 2.75) is 63.5 Å². The predicted octanol–water partition coefficient (Wildman–Crippen LogP) is 3.21. The van der Waals surface area contributed by atoms with Crippen LogP contribution in [0.15, 0.2) is 30.3 Å². The molecule has 1 aromatic carbocycles. The molecule has 1 saturated carbocycles. The highest BCUT2D eigenvalue weighted by Crippen LogP contribution is 2.20. The average molecular weight is 275 g/mol. The Morgan fingerprint density at radius 3 is 2.45 bits per heavy atom. The first kappa shape index (κ1) is 15.0. The third kappa shape index (κ3) is 4.97. The molecule has 1 atom stereocenters. The minimum atomic E-state index is -0.501. The molecule has 0 heterocycles. The maximum atomic E-state index is 12.0. The number of ether oxygens (including phenoxy) is 1. The molecule has 0 saturated heterocycles. The van der Waals surface area contributed by atoms with Crippen molar-refractivity contribution in [3.8, 4) is 0 Å². The van der Waals surface area contributed by atoms with Crippen molar-refractivity contribution < 1.29 is 9.53 Å². The molecule has 2 rings (SSSR count). The molecular formula is C17H25NO2. The first-order valence-corrected chi connectivity index (χ1v) is 7.75. The number of carbonyl (C=O) groups excluding carboxylic acids is 1. The number of rotatable bonds is 5. The van der Waals surface area contributed by atoms with Crippen molar-refractivity contribution >= 4 is 5.97 Å². The fourth-order valence-electron chi connectivity index (χ4n) is 2.70. The topological polar surface area (TPSA) is 52.3 Å². The average Bonchev–Trinajstić information content (AvgIpc) is 2.74. The zero-order chi connectivity index (χ0) is 14.2. The lowest BCUT2D eigenvalue weighted by molar-refractivity contribution is -0.151. The molecule has 110 valence electrons. The van der Waals surface area contributed by atoms with Gasteiger partial charge in [-0.15, -0.1) is 0 Å². The molecule has 0 amide bonds. The van der Waals surface area contributed by atoms with E-state index in [2.05, 4.69) is 12.1 Å². The summed E-state index contributed by atoms with van der Waals surface area (Å²) in [6.07, 6.45) is 8.40. The van der Waals surface area contributed by atoms with Gasteiger partial charge in [0, 0.05) is 0 Å². The zero-order valence-corrected chi connectivity index (χ0v) is 12.1. The Labute approximate surface area is 121 Å². The third-order valence-corrected chi connectivity index (χ3v) is 3.97. The van der Waals surface area contributed by atoms with Crippen LogP contribution in [-0.4, -0.2) is 18.1 Å². The molecule has 0 radical (unpaired) electrons. The fraction of sp³-hybridized carbons (Fsp3) is 0.588. The van der Waals surface area contributed by atoms with Crippen LogP contribution < -0.4 is 5.73 Å². The van der Waals surface area contributed by atoms with Gasteiger partial charge >= 0.3 is 5.97 Å². The zero-order valence-electron chi connectivity index (χ0n) is 12.1. The Morgan fingerprint density at radius 1 is 1.15 bits per heavy atom. The molecule has 20 heavy (non-hydrogen) atoms. The maximum Gasteiger partial charge on any atom is 0.323 e. The Morgan fingerprint density at radius 2 is 1.80 bits per heavy atom. The van der Waals surface area contributed by atoms with Gasteiger partial charge in [0.25, 0.3) is 0 Å². The number of aryl methyl sites for hydroxylation is 1. The van der Waals surface area contributed by atoms with Crippen LogP contribution in [0, 0.1) is 0 Å². The molecule has 2 N–H and O–H groups in total. The SMILES string of the molecule is N[C@@H](CCc1ccccc1)C(=O)OC1CCCCCC1. The molecule has 0 aliphatic heterocycles. The molecule has 0 aromatic heterocycles. The van der Waals surface area contributed by atoms with E-state index >= 15 is 0 Å². The van der Waals surface area contributed by atoms with Crippen molar-refractivity contribution in [2.24, 2.45) is 5.73 Å². The predicted molar refractivity (Wildman–Crippen MR) is 80.3 cm³/mol. The van der Waals surface area contributed by atoms with Crippen LogP contribution in [0.4, 0.5) is 0 Å². The fourth-order valence-corrected chi connectivity index (χ4v) is 2.70.